The van der Waals surface area contributed by atoms with Crippen LogP contribution in [-0.2, 0) is 4.79 Å². The molecule has 0 atom stereocenters. The van der Waals surface area contributed by atoms with Crippen LogP contribution in [0.4, 0.5) is 5.69 Å². The van der Waals surface area contributed by atoms with Crippen LogP contribution in [0.5, 0.6) is 5.75 Å². The lowest BCUT2D eigenvalue weighted by atomic mass is 10.1. The largest absolute Gasteiger partial charge is 0.449 e. The number of carbonyl (C=O) groups is 2. The molecule has 0 aromatic heterocycles. The summed E-state index contributed by atoms with van der Waals surface area (Å²) in [6.45, 7) is 0. The van der Waals surface area contributed by atoms with Gasteiger partial charge in [-0.15, -0.1) is 0 Å². The Labute approximate surface area is 175 Å². The Morgan fingerprint density at radius 2 is 1.86 bits per heavy atom. The summed E-state index contributed by atoms with van der Waals surface area (Å²) >= 11 is 6.16. The second-order valence-corrected chi connectivity index (χ2v) is 7.87. The lowest BCUT2D eigenvalue weighted by Crippen LogP contribution is -2.34. The van der Waals surface area contributed by atoms with Gasteiger partial charge in [-0.05, 0) is 48.7 Å². The lowest BCUT2D eigenvalue weighted by Gasteiger charge is -2.21. The molecule has 29 heavy (non-hydrogen) atoms. The summed E-state index contributed by atoms with van der Waals surface area (Å²) in [5, 5.41) is 6.46. The van der Waals surface area contributed by atoms with E-state index in [4.69, 9.17) is 16.3 Å². The summed E-state index contributed by atoms with van der Waals surface area (Å²) in [6, 6.07) is 12.5. The number of carbonyl (C=O) groups excluding carboxylic acids is 2. The van der Waals surface area contributed by atoms with Crippen molar-refractivity contribution in [3.63, 3.8) is 0 Å². The van der Waals surface area contributed by atoms with Gasteiger partial charge in [-0.1, -0.05) is 55.5 Å². The molecule has 0 spiro atoms. The van der Waals surface area contributed by atoms with E-state index in [-0.39, 0.29) is 23.6 Å². The Morgan fingerprint density at radius 3 is 2.62 bits per heavy atom. The molecule has 4 rings (SSSR count). The first-order valence-corrected chi connectivity index (χ1v) is 10.4. The van der Waals surface area contributed by atoms with Crippen LogP contribution in [0.3, 0.4) is 0 Å². The third-order valence-corrected chi connectivity index (χ3v) is 5.66. The Hall–Kier alpha value is -2.79. The number of rotatable bonds is 3. The molecule has 1 fully saturated rings. The molecule has 1 saturated carbocycles. The zero-order valence-corrected chi connectivity index (χ0v) is 16.8. The number of hydrogen-bond acceptors (Lipinski definition) is 3. The van der Waals surface area contributed by atoms with Crippen LogP contribution in [0, 0.1) is 0 Å². The van der Waals surface area contributed by atoms with Crippen molar-refractivity contribution in [2.45, 2.75) is 44.6 Å². The smallest absolute Gasteiger partial charge is 0.291 e. The average Bonchev–Trinajstić information content (AvgIpc) is 2.98. The molecular weight excluding hydrogens is 388 g/mol. The second kappa shape index (κ2) is 8.70. The summed E-state index contributed by atoms with van der Waals surface area (Å²) in [7, 11) is 0. The molecule has 2 amide bonds. The molecule has 6 heteroatoms. The van der Waals surface area contributed by atoms with Crippen molar-refractivity contribution < 1.29 is 14.3 Å². The van der Waals surface area contributed by atoms with Crippen molar-refractivity contribution >= 4 is 35.2 Å². The highest BCUT2D eigenvalue weighted by Crippen LogP contribution is 2.33. The molecule has 0 radical (unpaired) electrons. The third kappa shape index (κ3) is 4.62. The molecule has 5 nitrogen and oxygen atoms in total. The first-order chi connectivity index (χ1) is 14.1. The minimum Gasteiger partial charge on any atom is -0.449 e. The Morgan fingerprint density at radius 1 is 1.10 bits per heavy atom. The van der Waals surface area contributed by atoms with Gasteiger partial charge in [0, 0.05) is 16.6 Å². The average molecular weight is 411 g/mol. The molecule has 2 N–H and O–H groups in total. The molecule has 0 saturated heterocycles. The Balaban J connectivity index is 1.50. The highest BCUT2D eigenvalue weighted by molar-refractivity contribution is 6.32. The third-order valence-electron chi connectivity index (χ3n) is 5.32. The van der Waals surface area contributed by atoms with Crippen LogP contribution in [0.15, 0.2) is 48.2 Å². The van der Waals surface area contributed by atoms with E-state index in [9.17, 15) is 9.59 Å². The highest BCUT2D eigenvalue weighted by atomic mass is 35.5. The van der Waals surface area contributed by atoms with E-state index in [1.807, 2.05) is 18.2 Å². The molecule has 150 valence electrons. The van der Waals surface area contributed by atoms with Crippen LogP contribution >= 0.6 is 11.6 Å². The standard InChI is InChI=1S/C23H23ClN2O3/c24-18-10-6-5-7-15(18)14-21-23(28)26-19-13-16(11-12-20(19)29-21)22(27)25-17-8-3-1-2-4-9-17/h5-7,10-14,17H,1-4,8-9H2,(H,25,27)(H,26,28)/b21-14-. The van der Waals surface area contributed by atoms with Gasteiger partial charge in [0.25, 0.3) is 11.8 Å². The molecule has 0 unspecified atom stereocenters. The van der Waals surface area contributed by atoms with Crippen molar-refractivity contribution in [2.24, 2.45) is 0 Å². The monoisotopic (exact) mass is 410 g/mol. The van der Waals surface area contributed by atoms with Crippen LogP contribution in [0.2, 0.25) is 5.02 Å². The fourth-order valence-electron chi connectivity index (χ4n) is 3.73. The van der Waals surface area contributed by atoms with E-state index in [0.29, 0.717) is 27.6 Å². The summed E-state index contributed by atoms with van der Waals surface area (Å²) in [6.07, 6.45) is 8.42. The van der Waals surface area contributed by atoms with E-state index in [1.54, 1.807) is 30.3 Å². The van der Waals surface area contributed by atoms with Crippen LogP contribution in [0.25, 0.3) is 6.08 Å². The van der Waals surface area contributed by atoms with Gasteiger partial charge < -0.3 is 15.4 Å². The summed E-state index contributed by atoms with van der Waals surface area (Å²) in [5.74, 6) is 0.153. The number of halogens is 1. The fraction of sp³-hybridized carbons (Fsp3) is 0.304. The maximum absolute atomic E-state index is 12.6. The predicted octanol–water partition coefficient (Wildman–Crippen LogP) is 5.16. The SMILES string of the molecule is O=C1Nc2cc(C(=O)NC3CCCCCC3)ccc2O/C1=C\c1ccccc1Cl. The summed E-state index contributed by atoms with van der Waals surface area (Å²) < 4.78 is 5.76. The van der Waals surface area contributed by atoms with E-state index >= 15 is 0 Å². The van der Waals surface area contributed by atoms with Crippen LogP contribution in [0.1, 0.15) is 54.4 Å². The van der Waals surface area contributed by atoms with Gasteiger partial charge in [0.05, 0.1) is 5.69 Å². The van der Waals surface area contributed by atoms with Crippen molar-refractivity contribution in [1.29, 1.82) is 0 Å². The number of ether oxygens (including phenoxy) is 1. The summed E-state index contributed by atoms with van der Waals surface area (Å²) in [4.78, 5) is 25.1. The van der Waals surface area contributed by atoms with Crippen LogP contribution in [-0.4, -0.2) is 17.9 Å². The van der Waals surface area contributed by atoms with Crippen molar-refractivity contribution in [2.75, 3.05) is 5.32 Å². The summed E-state index contributed by atoms with van der Waals surface area (Å²) in [5.41, 5.74) is 1.69. The van der Waals surface area contributed by atoms with E-state index in [2.05, 4.69) is 10.6 Å². The molecule has 1 aliphatic carbocycles. The van der Waals surface area contributed by atoms with Gasteiger partial charge in [-0.2, -0.15) is 0 Å². The van der Waals surface area contributed by atoms with Crippen LogP contribution < -0.4 is 15.4 Å². The van der Waals surface area contributed by atoms with Gasteiger partial charge in [0.1, 0.15) is 0 Å². The molecule has 2 aromatic carbocycles. The molecule has 2 aromatic rings. The maximum Gasteiger partial charge on any atom is 0.291 e. The van der Waals surface area contributed by atoms with E-state index in [1.165, 1.54) is 12.8 Å². The highest BCUT2D eigenvalue weighted by Gasteiger charge is 2.24. The van der Waals surface area contributed by atoms with Gasteiger partial charge >= 0.3 is 0 Å². The topological polar surface area (TPSA) is 67.4 Å². The maximum atomic E-state index is 12.6. The van der Waals surface area contributed by atoms with E-state index < -0.39 is 0 Å². The Kier molecular flexibility index (Phi) is 5.86. The fourth-order valence-corrected chi connectivity index (χ4v) is 3.92. The van der Waals surface area contributed by atoms with Gasteiger partial charge in [-0.3, -0.25) is 9.59 Å². The van der Waals surface area contributed by atoms with Gasteiger partial charge in [0.15, 0.2) is 11.5 Å². The zero-order valence-electron chi connectivity index (χ0n) is 16.0. The predicted molar refractivity (Wildman–Crippen MR) is 114 cm³/mol. The minimum atomic E-state index is -0.376. The quantitative estimate of drug-likeness (QED) is 0.542. The number of amides is 2. The van der Waals surface area contributed by atoms with Crippen molar-refractivity contribution in [3.8, 4) is 5.75 Å². The first-order valence-electron chi connectivity index (χ1n) is 10.0. The number of hydrogen-bond donors (Lipinski definition) is 2. The normalized spacial score (nSPS) is 18.4. The van der Waals surface area contributed by atoms with Crippen molar-refractivity contribution in [3.05, 3.63) is 64.4 Å². The molecule has 1 heterocycles. The molecule has 2 aliphatic rings. The second-order valence-electron chi connectivity index (χ2n) is 7.46. The zero-order chi connectivity index (χ0) is 20.2. The lowest BCUT2D eigenvalue weighted by molar-refractivity contribution is -0.115. The number of benzene rings is 2. The number of anilines is 1. The number of nitrogens with one attached hydrogen (secondary N) is 2. The minimum absolute atomic E-state index is 0.119. The Bertz CT molecular complexity index is 962. The first kappa shape index (κ1) is 19.5. The van der Waals surface area contributed by atoms with Gasteiger partial charge in [0.2, 0.25) is 0 Å². The van der Waals surface area contributed by atoms with Crippen molar-refractivity contribution in [1.82, 2.24) is 5.32 Å². The van der Waals surface area contributed by atoms with Gasteiger partial charge in [-0.25, -0.2) is 0 Å². The molecule has 0 bridgehead atoms. The van der Waals surface area contributed by atoms with E-state index in [0.717, 1.165) is 25.7 Å². The molecule has 1 aliphatic heterocycles. The molecular formula is C23H23ClN2O3. The number of fused-ring (bicyclic) bond motifs is 1.